The van der Waals surface area contributed by atoms with Crippen molar-refractivity contribution in [1.82, 2.24) is 9.71 Å². The molecule has 3 rings (SSSR count). The molecule has 1 fully saturated rings. The highest BCUT2D eigenvalue weighted by atomic mass is 35.5. The van der Waals surface area contributed by atoms with Crippen LogP contribution in [0.4, 0.5) is 23.4 Å². The molecule has 6 nitrogen and oxygen atoms in total. The average Bonchev–Trinajstić information content (AvgIpc) is 3.22. The van der Waals surface area contributed by atoms with Crippen molar-refractivity contribution in [3.8, 4) is 5.75 Å². The quantitative estimate of drug-likeness (QED) is 0.548. The molecule has 1 aromatic carbocycles. The number of carbonyl (C=O) groups excluding carboxylic acids is 1. The van der Waals surface area contributed by atoms with E-state index in [1.165, 1.54) is 6.07 Å². The Morgan fingerprint density at radius 2 is 2.09 bits per heavy atom. The summed E-state index contributed by atoms with van der Waals surface area (Å²) in [5.74, 6) is -1.34. The molecule has 1 aliphatic rings. The molecular formula is C21H22ClF4N3O3S. The maximum Gasteiger partial charge on any atom is 0.417 e. The number of ether oxygens (including phenoxy) is 1. The zero-order chi connectivity index (χ0) is 24.3. The number of carbonyl (C=O) groups is 1. The van der Waals surface area contributed by atoms with E-state index in [4.69, 9.17) is 16.3 Å². The summed E-state index contributed by atoms with van der Waals surface area (Å²) in [5, 5.41) is -0.349. The van der Waals surface area contributed by atoms with Crippen molar-refractivity contribution in [2.45, 2.75) is 44.2 Å². The van der Waals surface area contributed by atoms with Crippen LogP contribution in [0.5, 0.6) is 5.75 Å². The minimum atomic E-state index is -4.47. The maximum absolute atomic E-state index is 14.5. The lowest BCUT2D eigenvalue weighted by Gasteiger charge is -2.26. The van der Waals surface area contributed by atoms with Gasteiger partial charge in [-0.25, -0.2) is 13.6 Å². The van der Waals surface area contributed by atoms with Gasteiger partial charge in [0.1, 0.15) is 35.0 Å². The van der Waals surface area contributed by atoms with Crippen molar-refractivity contribution in [1.29, 1.82) is 0 Å². The molecule has 0 radical (unpaired) electrons. The van der Waals surface area contributed by atoms with Gasteiger partial charge in [0.2, 0.25) is 0 Å². The molecule has 1 N–H and O–H groups in total. The van der Waals surface area contributed by atoms with E-state index in [-0.39, 0.29) is 34.2 Å². The highest BCUT2D eigenvalue weighted by Crippen LogP contribution is 2.32. The molecule has 2 atom stereocenters. The van der Waals surface area contributed by atoms with E-state index in [0.29, 0.717) is 18.8 Å². The summed E-state index contributed by atoms with van der Waals surface area (Å²) in [4.78, 5) is 17.9. The summed E-state index contributed by atoms with van der Waals surface area (Å²) in [7, 11) is -1.67. The second kappa shape index (κ2) is 10.3. The van der Waals surface area contributed by atoms with E-state index in [1.54, 1.807) is 13.8 Å². The number of benzene rings is 1. The SMILES string of the molecule is CC(C)S(=O)NC(=O)c1cc(Cl)c(OCC2CCCN2c2ccc(C(F)(F)F)cn2)cc1F. The fraction of sp³-hybridized carbons (Fsp3) is 0.429. The lowest BCUT2D eigenvalue weighted by atomic mass is 10.2. The van der Waals surface area contributed by atoms with Gasteiger partial charge in [-0.05, 0) is 44.9 Å². The van der Waals surface area contributed by atoms with Crippen LogP contribution in [-0.4, -0.2) is 39.5 Å². The van der Waals surface area contributed by atoms with Crippen LogP contribution in [0.1, 0.15) is 42.6 Å². The molecule has 2 heterocycles. The molecule has 33 heavy (non-hydrogen) atoms. The van der Waals surface area contributed by atoms with E-state index in [0.717, 1.165) is 30.8 Å². The van der Waals surface area contributed by atoms with Gasteiger partial charge in [-0.15, -0.1) is 0 Å². The van der Waals surface area contributed by atoms with E-state index < -0.39 is 34.4 Å². The summed E-state index contributed by atoms with van der Waals surface area (Å²) >= 11 is 6.16. The maximum atomic E-state index is 14.5. The van der Waals surface area contributed by atoms with Crippen LogP contribution in [0.25, 0.3) is 0 Å². The fourth-order valence-corrected chi connectivity index (χ4v) is 4.04. The van der Waals surface area contributed by atoms with Crippen molar-refractivity contribution in [2.24, 2.45) is 0 Å². The van der Waals surface area contributed by atoms with Crippen molar-refractivity contribution in [2.75, 3.05) is 18.1 Å². The van der Waals surface area contributed by atoms with E-state index >= 15 is 0 Å². The largest absolute Gasteiger partial charge is 0.490 e. The van der Waals surface area contributed by atoms with E-state index in [1.807, 2.05) is 4.90 Å². The van der Waals surface area contributed by atoms with Gasteiger partial charge >= 0.3 is 6.18 Å². The summed E-state index contributed by atoms with van der Waals surface area (Å²) in [5.41, 5.74) is -1.19. The highest BCUT2D eigenvalue weighted by Gasteiger charge is 2.32. The van der Waals surface area contributed by atoms with Crippen LogP contribution >= 0.6 is 11.6 Å². The van der Waals surface area contributed by atoms with E-state index in [9.17, 15) is 26.6 Å². The first-order valence-corrected chi connectivity index (χ1v) is 11.7. The average molecular weight is 508 g/mol. The monoisotopic (exact) mass is 507 g/mol. The Hall–Kier alpha value is -2.40. The molecule has 1 amide bonds. The van der Waals surface area contributed by atoms with Gasteiger partial charge in [0, 0.05) is 24.1 Å². The Bertz CT molecular complexity index is 1030. The highest BCUT2D eigenvalue weighted by molar-refractivity contribution is 7.84. The fourth-order valence-electron chi connectivity index (χ4n) is 3.30. The molecule has 1 aliphatic heterocycles. The number of anilines is 1. The minimum absolute atomic E-state index is 0.00548. The van der Waals surface area contributed by atoms with Gasteiger partial charge in [0.15, 0.2) is 0 Å². The predicted octanol–water partition coefficient (Wildman–Crippen LogP) is 4.74. The van der Waals surface area contributed by atoms with E-state index in [2.05, 4.69) is 9.71 Å². The first-order chi connectivity index (χ1) is 15.5. The number of hydrogen-bond acceptors (Lipinski definition) is 5. The number of alkyl halides is 3. The molecule has 0 aliphatic carbocycles. The Labute approximate surface area is 195 Å². The predicted molar refractivity (Wildman–Crippen MR) is 117 cm³/mol. The number of nitrogens with one attached hydrogen (secondary N) is 1. The number of halogens is 5. The van der Waals surface area contributed by atoms with Crippen LogP contribution < -0.4 is 14.4 Å². The third-order valence-electron chi connectivity index (χ3n) is 5.07. The number of rotatable bonds is 7. The molecule has 1 saturated heterocycles. The molecule has 0 spiro atoms. The third-order valence-corrected chi connectivity index (χ3v) is 6.60. The molecular weight excluding hydrogens is 486 g/mol. The normalized spacial score (nSPS) is 17.3. The van der Waals surface area contributed by atoms with Crippen LogP contribution in [0, 0.1) is 5.82 Å². The van der Waals surface area contributed by atoms with Gasteiger partial charge < -0.3 is 9.64 Å². The Morgan fingerprint density at radius 3 is 2.70 bits per heavy atom. The number of nitrogens with zero attached hydrogens (tertiary/aromatic N) is 2. The molecule has 180 valence electrons. The smallest absolute Gasteiger partial charge is 0.417 e. The lowest BCUT2D eigenvalue weighted by molar-refractivity contribution is -0.137. The summed E-state index contributed by atoms with van der Waals surface area (Å²) in [6.45, 7) is 3.96. The standard InChI is InChI=1S/C21H22ClF4N3O3S/c1-12(2)33(31)28-20(30)15-8-16(22)18(9-17(15)23)32-11-14-4-3-7-29(14)19-6-5-13(10-27-19)21(24,25)26/h5-6,8-10,12,14H,3-4,7,11H2,1-2H3,(H,28,30). The topological polar surface area (TPSA) is 71.5 Å². The number of amides is 1. The van der Waals surface area contributed by atoms with Crippen LogP contribution in [0.3, 0.4) is 0 Å². The zero-order valence-corrected chi connectivity index (χ0v) is 19.4. The van der Waals surface area contributed by atoms with Crippen molar-refractivity contribution in [3.63, 3.8) is 0 Å². The molecule has 2 aromatic rings. The van der Waals surface area contributed by atoms with Gasteiger partial charge in [-0.1, -0.05) is 11.6 Å². The molecule has 1 aromatic heterocycles. The zero-order valence-electron chi connectivity index (χ0n) is 17.8. The number of hydrogen-bond donors (Lipinski definition) is 1. The van der Waals surface area contributed by atoms with Crippen molar-refractivity contribution < 1.29 is 31.3 Å². The van der Waals surface area contributed by atoms with Gasteiger partial charge in [-0.2, -0.15) is 13.2 Å². The van der Waals surface area contributed by atoms with Crippen LogP contribution in [0.2, 0.25) is 5.02 Å². The third kappa shape index (κ3) is 6.14. The molecule has 12 heteroatoms. The summed E-state index contributed by atoms with van der Waals surface area (Å²) < 4.78 is 72.5. The van der Waals surface area contributed by atoms with Crippen molar-refractivity contribution in [3.05, 3.63) is 52.4 Å². The minimum Gasteiger partial charge on any atom is -0.490 e. The molecule has 0 saturated carbocycles. The van der Waals surface area contributed by atoms with Gasteiger partial charge in [-0.3, -0.25) is 9.52 Å². The Balaban J connectivity index is 1.68. The first kappa shape index (κ1) is 25.2. The van der Waals surface area contributed by atoms with Gasteiger partial charge in [0.25, 0.3) is 5.91 Å². The lowest BCUT2D eigenvalue weighted by Crippen LogP contribution is -2.35. The van der Waals surface area contributed by atoms with Crippen LogP contribution in [-0.2, 0) is 17.2 Å². The summed E-state index contributed by atoms with van der Waals surface area (Å²) in [6.07, 6.45) is -2.20. The molecule has 0 bridgehead atoms. The number of pyridine rings is 1. The summed E-state index contributed by atoms with van der Waals surface area (Å²) in [6, 6.07) is 4.15. The van der Waals surface area contributed by atoms with Crippen LogP contribution in [0.15, 0.2) is 30.5 Å². The first-order valence-electron chi connectivity index (χ1n) is 10.1. The second-order valence-corrected chi connectivity index (χ2v) is 9.89. The second-order valence-electron chi connectivity index (χ2n) is 7.74. The Kier molecular flexibility index (Phi) is 7.84. The van der Waals surface area contributed by atoms with Crippen molar-refractivity contribution >= 4 is 34.3 Å². The molecule has 2 unspecified atom stereocenters. The Morgan fingerprint density at radius 1 is 1.36 bits per heavy atom. The number of aromatic nitrogens is 1. The van der Waals surface area contributed by atoms with Gasteiger partial charge in [0.05, 0.1) is 22.2 Å².